The standard InChI is InChI=1S/C23H22N4O4/c24-22(25)16-4-1-3-15(9-16)18-7-14(8-20(11-18)31-13-21(28)29)12-30-19-6-2-5-17(10-19)23(26)27/h1-11H,12-13H2,(H3,24,25)(H3,26,27)(H,28,29). The van der Waals surface area contributed by atoms with Crippen molar-refractivity contribution in [2.75, 3.05) is 6.61 Å². The molecular formula is C23H22N4O4. The van der Waals surface area contributed by atoms with Crippen molar-refractivity contribution < 1.29 is 19.4 Å². The Kier molecular flexibility index (Phi) is 6.51. The number of carbonyl (C=O) groups is 1. The maximum atomic E-state index is 10.9. The van der Waals surface area contributed by atoms with E-state index in [1.165, 1.54) is 0 Å². The van der Waals surface area contributed by atoms with Crippen LogP contribution in [0.4, 0.5) is 0 Å². The lowest BCUT2D eigenvalue weighted by Crippen LogP contribution is -2.11. The second-order valence-electron chi connectivity index (χ2n) is 6.77. The molecule has 0 saturated carbocycles. The molecule has 8 nitrogen and oxygen atoms in total. The van der Waals surface area contributed by atoms with Crippen LogP contribution in [0, 0.1) is 10.8 Å². The number of nitrogens with one attached hydrogen (secondary N) is 2. The number of nitrogen functional groups attached to an aromatic ring is 2. The van der Waals surface area contributed by atoms with Gasteiger partial charge in [0.25, 0.3) is 0 Å². The number of hydrogen-bond acceptors (Lipinski definition) is 5. The summed E-state index contributed by atoms with van der Waals surface area (Å²) in [6.07, 6.45) is 0. The minimum Gasteiger partial charge on any atom is -0.489 e. The molecule has 0 atom stereocenters. The Morgan fingerprint density at radius 1 is 0.806 bits per heavy atom. The molecule has 0 aliphatic heterocycles. The Morgan fingerprint density at radius 3 is 2.16 bits per heavy atom. The summed E-state index contributed by atoms with van der Waals surface area (Å²) in [5.74, 6) is -0.257. The van der Waals surface area contributed by atoms with Crippen molar-refractivity contribution in [1.82, 2.24) is 0 Å². The minimum atomic E-state index is -1.08. The summed E-state index contributed by atoms with van der Waals surface area (Å²) in [4.78, 5) is 10.9. The summed E-state index contributed by atoms with van der Waals surface area (Å²) in [7, 11) is 0. The first-order valence-electron chi connectivity index (χ1n) is 9.32. The van der Waals surface area contributed by atoms with Gasteiger partial charge in [-0.1, -0.05) is 30.3 Å². The van der Waals surface area contributed by atoms with E-state index < -0.39 is 12.6 Å². The maximum absolute atomic E-state index is 10.9. The van der Waals surface area contributed by atoms with E-state index in [1.807, 2.05) is 12.1 Å². The first kappa shape index (κ1) is 21.4. The summed E-state index contributed by atoms with van der Waals surface area (Å²) in [5, 5.41) is 24.1. The van der Waals surface area contributed by atoms with Crippen molar-refractivity contribution in [1.29, 1.82) is 10.8 Å². The number of ether oxygens (including phenoxy) is 2. The lowest BCUT2D eigenvalue weighted by Gasteiger charge is -2.13. The molecule has 0 aromatic heterocycles. The Bertz CT molecular complexity index is 1140. The lowest BCUT2D eigenvalue weighted by atomic mass is 10.0. The highest BCUT2D eigenvalue weighted by Gasteiger charge is 2.09. The molecule has 0 spiro atoms. The first-order chi connectivity index (χ1) is 14.8. The van der Waals surface area contributed by atoms with Crippen LogP contribution in [-0.2, 0) is 11.4 Å². The zero-order chi connectivity index (χ0) is 22.4. The first-order valence-corrected chi connectivity index (χ1v) is 9.32. The van der Waals surface area contributed by atoms with Crippen molar-refractivity contribution in [2.24, 2.45) is 11.5 Å². The average molecular weight is 418 g/mol. The van der Waals surface area contributed by atoms with Gasteiger partial charge in [-0.15, -0.1) is 0 Å². The van der Waals surface area contributed by atoms with E-state index >= 15 is 0 Å². The Balaban J connectivity index is 1.91. The number of aliphatic carboxylic acids is 1. The van der Waals surface area contributed by atoms with E-state index in [1.54, 1.807) is 54.6 Å². The fourth-order valence-electron chi connectivity index (χ4n) is 2.93. The summed E-state index contributed by atoms with van der Waals surface area (Å²) in [6.45, 7) is -0.289. The molecular weight excluding hydrogens is 396 g/mol. The molecule has 0 fully saturated rings. The van der Waals surface area contributed by atoms with Crippen molar-refractivity contribution in [3.8, 4) is 22.6 Å². The lowest BCUT2D eigenvalue weighted by molar-refractivity contribution is -0.139. The second kappa shape index (κ2) is 9.45. The molecule has 8 heteroatoms. The molecule has 3 aromatic rings. The van der Waals surface area contributed by atoms with Gasteiger partial charge in [0.05, 0.1) is 0 Å². The minimum absolute atomic E-state index is 0.0472. The van der Waals surface area contributed by atoms with E-state index in [2.05, 4.69) is 0 Å². The van der Waals surface area contributed by atoms with E-state index in [4.69, 9.17) is 36.9 Å². The number of hydrogen-bond donors (Lipinski definition) is 5. The molecule has 0 unspecified atom stereocenters. The zero-order valence-electron chi connectivity index (χ0n) is 16.6. The number of rotatable bonds is 9. The average Bonchev–Trinajstić information content (AvgIpc) is 2.76. The predicted molar refractivity (Wildman–Crippen MR) is 118 cm³/mol. The molecule has 0 amide bonds. The zero-order valence-corrected chi connectivity index (χ0v) is 16.6. The van der Waals surface area contributed by atoms with Gasteiger partial charge in [-0.3, -0.25) is 10.8 Å². The number of carboxylic acid groups (broad SMARTS) is 1. The normalized spacial score (nSPS) is 10.3. The summed E-state index contributed by atoms with van der Waals surface area (Å²) in [6, 6.07) is 19.4. The molecule has 31 heavy (non-hydrogen) atoms. The van der Waals surface area contributed by atoms with Crippen LogP contribution in [0.3, 0.4) is 0 Å². The highest BCUT2D eigenvalue weighted by Crippen LogP contribution is 2.28. The number of nitrogens with two attached hydrogens (primary N) is 2. The van der Waals surface area contributed by atoms with E-state index in [0.717, 1.165) is 16.7 Å². The van der Waals surface area contributed by atoms with Crippen molar-refractivity contribution in [2.45, 2.75) is 6.61 Å². The highest BCUT2D eigenvalue weighted by molar-refractivity contribution is 5.96. The van der Waals surface area contributed by atoms with Gasteiger partial charge >= 0.3 is 5.97 Å². The number of carboxylic acids is 1. The quantitative estimate of drug-likeness (QED) is 0.266. The molecule has 0 aliphatic carbocycles. The molecule has 158 valence electrons. The fraction of sp³-hybridized carbons (Fsp3) is 0.0870. The third-order valence-corrected chi connectivity index (χ3v) is 4.39. The van der Waals surface area contributed by atoms with Gasteiger partial charge in [-0.25, -0.2) is 4.79 Å². The van der Waals surface area contributed by atoms with Gasteiger partial charge in [0, 0.05) is 11.1 Å². The largest absolute Gasteiger partial charge is 0.489 e. The summed E-state index contributed by atoms with van der Waals surface area (Å²) < 4.78 is 11.2. The third kappa shape index (κ3) is 5.83. The van der Waals surface area contributed by atoms with Crippen molar-refractivity contribution in [3.63, 3.8) is 0 Å². The van der Waals surface area contributed by atoms with Crippen LogP contribution >= 0.6 is 0 Å². The molecule has 0 radical (unpaired) electrons. The number of benzene rings is 3. The van der Waals surface area contributed by atoms with Gasteiger partial charge in [0.15, 0.2) is 6.61 Å². The van der Waals surface area contributed by atoms with Gasteiger partial charge in [-0.2, -0.15) is 0 Å². The van der Waals surface area contributed by atoms with Gasteiger partial charge < -0.3 is 26.0 Å². The number of amidine groups is 2. The second-order valence-corrected chi connectivity index (χ2v) is 6.77. The van der Waals surface area contributed by atoms with E-state index in [-0.39, 0.29) is 18.3 Å². The van der Waals surface area contributed by atoms with Crippen LogP contribution in [0.25, 0.3) is 11.1 Å². The smallest absolute Gasteiger partial charge is 0.341 e. The molecule has 0 aliphatic rings. The van der Waals surface area contributed by atoms with Crippen LogP contribution in [0.2, 0.25) is 0 Å². The Hall–Kier alpha value is -4.33. The third-order valence-electron chi connectivity index (χ3n) is 4.39. The molecule has 0 saturated heterocycles. The van der Waals surface area contributed by atoms with E-state index in [0.29, 0.717) is 22.6 Å². The van der Waals surface area contributed by atoms with Gasteiger partial charge in [-0.05, 0) is 53.1 Å². The maximum Gasteiger partial charge on any atom is 0.341 e. The van der Waals surface area contributed by atoms with E-state index in [9.17, 15) is 4.79 Å². The van der Waals surface area contributed by atoms with Crippen molar-refractivity contribution in [3.05, 3.63) is 83.4 Å². The van der Waals surface area contributed by atoms with Crippen LogP contribution in [0.5, 0.6) is 11.5 Å². The summed E-state index contributed by atoms with van der Waals surface area (Å²) >= 11 is 0. The van der Waals surface area contributed by atoms with Crippen LogP contribution in [0.15, 0.2) is 66.7 Å². The SMILES string of the molecule is N=C(N)c1cccc(OCc2cc(OCC(=O)O)cc(-c3cccc(C(=N)N)c3)c2)c1. The topological polar surface area (TPSA) is 156 Å². The fourth-order valence-corrected chi connectivity index (χ4v) is 2.93. The molecule has 7 N–H and O–H groups in total. The van der Waals surface area contributed by atoms with Crippen molar-refractivity contribution >= 4 is 17.6 Å². The van der Waals surface area contributed by atoms with Crippen LogP contribution in [0.1, 0.15) is 16.7 Å². The summed E-state index contributed by atoms with van der Waals surface area (Å²) in [5.41, 5.74) is 14.6. The molecule has 0 bridgehead atoms. The van der Waals surface area contributed by atoms with Gasteiger partial charge in [0.2, 0.25) is 0 Å². The predicted octanol–water partition coefficient (Wildman–Crippen LogP) is 2.96. The van der Waals surface area contributed by atoms with Gasteiger partial charge in [0.1, 0.15) is 29.8 Å². The Morgan fingerprint density at radius 2 is 1.48 bits per heavy atom. The Labute approximate surface area is 179 Å². The van der Waals surface area contributed by atoms with Crippen LogP contribution < -0.4 is 20.9 Å². The monoisotopic (exact) mass is 418 g/mol. The highest BCUT2D eigenvalue weighted by atomic mass is 16.5. The van der Waals surface area contributed by atoms with Crippen LogP contribution in [-0.4, -0.2) is 29.4 Å². The molecule has 3 aromatic carbocycles. The molecule has 3 rings (SSSR count). The molecule has 0 heterocycles.